The Kier molecular flexibility index (Phi) is 4.76. The Bertz CT molecular complexity index is 585. The molecule has 0 aliphatic rings. The Morgan fingerprint density at radius 3 is 1.10 bits per heavy atom. The minimum atomic E-state index is 0.940. The fourth-order valence-corrected chi connectivity index (χ4v) is 3.60. The van der Waals surface area contributed by atoms with E-state index in [1.54, 1.807) is 0 Å². The molecule has 0 aliphatic heterocycles. The average molecular weight is 396 g/mol. The molecule has 0 aliphatic carbocycles. The molecule has 2 rings (SSSR count). The summed E-state index contributed by atoms with van der Waals surface area (Å²) in [6, 6.07) is 8.23. The van der Waals surface area contributed by atoms with E-state index in [-0.39, 0.29) is 0 Å². The number of nitrogens with zero attached hydrogens (tertiary/aromatic N) is 2. The van der Waals surface area contributed by atoms with Crippen molar-refractivity contribution < 1.29 is 0 Å². The highest BCUT2D eigenvalue weighted by molar-refractivity contribution is 9.10. The van der Waals surface area contributed by atoms with Crippen LogP contribution in [-0.2, 0) is 0 Å². The molecule has 2 aromatic carbocycles. The van der Waals surface area contributed by atoms with Crippen LogP contribution in [0.2, 0.25) is 0 Å². The standard InChI is InChI=1S/C16H16Br2N2/c1-9-5-13(17)6-10(2)15(9)19-20-16-11(3)7-14(18)8-12(16)4/h5-8H,1-4H3. The van der Waals surface area contributed by atoms with E-state index in [9.17, 15) is 0 Å². The molecule has 0 aromatic heterocycles. The van der Waals surface area contributed by atoms with Crippen LogP contribution in [0.3, 0.4) is 0 Å². The second-order valence-electron chi connectivity index (χ2n) is 4.98. The second-order valence-corrected chi connectivity index (χ2v) is 6.81. The van der Waals surface area contributed by atoms with Crippen LogP contribution in [0.5, 0.6) is 0 Å². The predicted molar refractivity (Wildman–Crippen MR) is 91.4 cm³/mol. The Morgan fingerprint density at radius 1 is 0.600 bits per heavy atom. The van der Waals surface area contributed by atoms with Crippen molar-refractivity contribution in [3.8, 4) is 0 Å². The molecule has 0 atom stereocenters. The van der Waals surface area contributed by atoms with Gasteiger partial charge in [-0.3, -0.25) is 0 Å². The Balaban J connectivity index is 2.45. The van der Waals surface area contributed by atoms with Gasteiger partial charge in [-0.2, -0.15) is 0 Å². The molecule has 0 radical (unpaired) electrons. The van der Waals surface area contributed by atoms with E-state index >= 15 is 0 Å². The van der Waals surface area contributed by atoms with Crippen LogP contribution in [0.1, 0.15) is 22.3 Å². The van der Waals surface area contributed by atoms with Crippen LogP contribution in [0.15, 0.2) is 43.4 Å². The molecular formula is C16H16Br2N2. The van der Waals surface area contributed by atoms with Crippen LogP contribution in [-0.4, -0.2) is 0 Å². The zero-order valence-corrected chi connectivity index (χ0v) is 15.1. The third-order valence-corrected chi connectivity index (χ3v) is 4.08. The SMILES string of the molecule is Cc1cc(Br)cc(C)c1N=Nc1c(C)cc(Br)cc1C. The summed E-state index contributed by atoms with van der Waals surface area (Å²) in [4.78, 5) is 0. The fraction of sp³-hybridized carbons (Fsp3) is 0.250. The first-order chi connectivity index (χ1) is 9.38. The molecule has 4 heteroatoms. The number of aryl methyl sites for hydroxylation is 4. The summed E-state index contributed by atoms with van der Waals surface area (Å²) in [5, 5.41) is 8.91. The van der Waals surface area contributed by atoms with E-state index in [1.165, 1.54) is 0 Å². The lowest BCUT2D eigenvalue weighted by atomic mass is 10.1. The van der Waals surface area contributed by atoms with Gasteiger partial charge in [0, 0.05) is 8.95 Å². The maximum atomic E-state index is 4.46. The van der Waals surface area contributed by atoms with Crippen LogP contribution in [0.4, 0.5) is 11.4 Å². The highest BCUT2D eigenvalue weighted by atomic mass is 79.9. The van der Waals surface area contributed by atoms with Crippen molar-refractivity contribution in [2.24, 2.45) is 10.2 Å². The van der Waals surface area contributed by atoms with Crippen molar-refractivity contribution in [3.05, 3.63) is 55.5 Å². The van der Waals surface area contributed by atoms with Gasteiger partial charge >= 0.3 is 0 Å². The monoisotopic (exact) mass is 394 g/mol. The number of hydrogen-bond acceptors (Lipinski definition) is 2. The van der Waals surface area contributed by atoms with Crippen molar-refractivity contribution in [2.45, 2.75) is 27.7 Å². The van der Waals surface area contributed by atoms with Crippen LogP contribution in [0.25, 0.3) is 0 Å². The predicted octanol–water partition coefficient (Wildman–Crippen LogP) is 6.86. The molecule has 0 unspecified atom stereocenters. The number of hydrogen-bond donors (Lipinski definition) is 0. The first-order valence-electron chi connectivity index (χ1n) is 6.33. The summed E-state index contributed by atoms with van der Waals surface area (Å²) in [5.41, 5.74) is 6.35. The molecule has 0 saturated carbocycles. The Hall–Kier alpha value is -1.000. The van der Waals surface area contributed by atoms with E-state index in [0.29, 0.717) is 0 Å². The second kappa shape index (κ2) is 6.19. The van der Waals surface area contributed by atoms with Crippen LogP contribution < -0.4 is 0 Å². The first kappa shape index (κ1) is 15.4. The molecule has 2 aromatic rings. The zero-order valence-electron chi connectivity index (χ0n) is 12.0. The van der Waals surface area contributed by atoms with E-state index in [0.717, 1.165) is 42.6 Å². The Morgan fingerprint density at radius 2 is 0.850 bits per heavy atom. The van der Waals surface area contributed by atoms with Gasteiger partial charge in [0.25, 0.3) is 0 Å². The van der Waals surface area contributed by atoms with Gasteiger partial charge in [-0.1, -0.05) is 31.9 Å². The zero-order chi connectivity index (χ0) is 14.9. The third-order valence-electron chi connectivity index (χ3n) is 3.16. The van der Waals surface area contributed by atoms with Gasteiger partial charge in [0.05, 0.1) is 11.4 Å². The topological polar surface area (TPSA) is 24.7 Å². The highest BCUT2D eigenvalue weighted by Gasteiger charge is 2.06. The molecule has 20 heavy (non-hydrogen) atoms. The molecule has 0 N–H and O–H groups in total. The molecule has 0 heterocycles. The molecule has 0 amide bonds. The molecule has 2 nitrogen and oxygen atoms in total. The fourth-order valence-electron chi connectivity index (χ4n) is 2.22. The summed E-state index contributed by atoms with van der Waals surface area (Å²) < 4.78 is 2.14. The van der Waals surface area contributed by atoms with Gasteiger partial charge in [-0.25, -0.2) is 0 Å². The maximum Gasteiger partial charge on any atom is 0.0916 e. The van der Waals surface area contributed by atoms with Gasteiger partial charge in [0.15, 0.2) is 0 Å². The number of halogens is 2. The van der Waals surface area contributed by atoms with Gasteiger partial charge in [-0.15, -0.1) is 10.2 Å². The molecule has 0 bridgehead atoms. The van der Waals surface area contributed by atoms with Crippen molar-refractivity contribution in [1.29, 1.82) is 0 Å². The molecule has 104 valence electrons. The summed E-state index contributed by atoms with van der Waals surface area (Å²) in [6.45, 7) is 8.20. The smallest absolute Gasteiger partial charge is 0.0916 e. The lowest BCUT2D eigenvalue weighted by molar-refractivity contribution is 1.15. The van der Waals surface area contributed by atoms with Gasteiger partial charge in [0.2, 0.25) is 0 Å². The van der Waals surface area contributed by atoms with Crippen LogP contribution in [0, 0.1) is 27.7 Å². The summed E-state index contributed by atoms with van der Waals surface area (Å²) in [5.74, 6) is 0. The van der Waals surface area contributed by atoms with Crippen LogP contribution >= 0.6 is 31.9 Å². The van der Waals surface area contributed by atoms with Gasteiger partial charge < -0.3 is 0 Å². The highest BCUT2D eigenvalue weighted by Crippen LogP contribution is 2.32. The minimum Gasteiger partial charge on any atom is -0.150 e. The quantitative estimate of drug-likeness (QED) is 0.496. The summed E-state index contributed by atoms with van der Waals surface area (Å²) >= 11 is 6.99. The maximum absolute atomic E-state index is 4.46. The average Bonchev–Trinajstić information content (AvgIpc) is 2.30. The number of benzene rings is 2. The number of rotatable bonds is 2. The molecule has 0 spiro atoms. The van der Waals surface area contributed by atoms with E-state index in [4.69, 9.17) is 0 Å². The van der Waals surface area contributed by atoms with Crippen molar-refractivity contribution in [1.82, 2.24) is 0 Å². The molecular weight excluding hydrogens is 380 g/mol. The molecule has 0 fully saturated rings. The largest absolute Gasteiger partial charge is 0.150 e. The Labute approximate surface area is 136 Å². The van der Waals surface area contributed by atoms with Crippen molar-refractivity contribution >= 4 is 43.2 Å². The normalized spacial score (nSPS) is 11.3. The lowest BCUT2D eigenvalue weighted by Crippen LogP contribution is -1.83. The lowest BCUT2D eigenvalue weighted by Gasteiger charge is -2.07. The first-order valence-corrected chi connectivity index (χ1v) is 7.92. The third kappa shape index (κ3) is 3.36. The van der Waals surface area contributed by atoms with E-state index < -0.39 is 0 Å². The van der Waals surface area contributed by atoms with Crippen molar-refractivity contribution in [2.75, 3.05) is 0 Å². The van der Waals surface area contributed by atoms with E-state index in [1.807, 2.05) is 27.7 Å². The van der Waals surface area contributed by atoms with Crippen molar-refractivity contribution in [3.63, 3.8) is 0 Å². The number of azo groups is 1. The summed E-state index contributed by atoms with van der Waals surface area (Å²) in [7, 11) is 0. The minimum absolute atomic E-state index is 0.940. The van der Waals surface area contributed by atoms with Gasteiger partial charge in [0.1, 0.15) is 0 Å². The van der Waals surface area contributed by atoms with Gasteiger partial charge in [-0.05, 0) is 74.2 Å². The van der Waals surface area contributed by atoms with E-state index in [2.05, 4.69) is 66.4 Å². The molecule has 0 saturated heterocycles. The summed E-state index contributed by atoms with van der Waals surface area (Å²) in [6.07, 6.45) is 0.